The van der Waals surface area contributed by atoms with Gasteiger partial charge in [0.25, 0.3) is 6.29 Å². The van der Waals surface area contributed by atoms with Crippen LogP contribution in [0.25, 0.3) is 0 Å². The number of rotatable bonds is 9. The highest BCUT2D eigenvalue weighted by Gasteiger charge is 2.20. The molecule has 0 radical (unpaired) electrons. The Morgan fingerprint density at radius 2 is 1.41 bits per heavy atom. The van der Waals surface area contributed by atoms with Gasteiger partial charge >= 0.3 is 5.97 Å². The molecule has 0 spiro atoms. The zero-order chi connectivity index (χ0) is 20.5. The molecular formula is C23H23NO5. The van der Waals surface area contributed by atoms with Crippen LogP contribution in [0.1, 0.15) is 25.8 Å². The minimum atomic E-state index is -0.804. The van der Waals surface area contributed by atoms with Crippen molar-refractivity contribution in [3.63, 3.8) is 0 Å². The number of hydrogen-bond acceptors (Lipinski definition) is 6. The zero-order valence-corrected chi connectivity index (χ0v) is 16.4. The molecule has 0 aliphatic rings. The molecule has 3 rings (SSSR count). The number of esters is 1. The van der Waals surface area contributed by atoms with Crippen LogP contribution in [0.15, 0.2) is 78.9 Å². The number of aromatic nitrogens is 1. The minimum absolute atomic E-state index is 0.279. The Morgan fingerprint density at radius 3 is 1.97 bits per heavy atom. The molecule has 1 heterocycles. The topological polar surface area (TPSA) is 66.9 Å². The molecule has 1 atom stereocenters. The predicted octanol–water partition coefficient (Wildman–Crippen LogP) is 4.57. The molecule has 3 aromatic rings. The van der Waals surface area contributed by atoms with Crippen molar-refractivity contribution in [2.75, 3.05) is 6.61 Å². The highest BCUT2D eigenvalue weighted by Crippen LogP contribution is 2.26. The van der Waals surface area contributed by atoms with Crippen LogP contribution >= 0.6 is 0 Å². The number of ether oxygens (including phenoxy) is 4. The standard InChI is InChI=1S/C23H23NO5/c1-3-26-22(25)17(2)27-21-16-10-15-20(24-21)23(28-18-11-6-4-7-12-18)29-19-13-8-5-9-14-19/h4-17,23H,3H2,1-2H3. The van der Waals surface area contributed by atoms with Gasteiger partial charge in [-0.05, 0) is 44.2 Å². The first kappa shape index (κ1) is 20.2. The van der Waals surface area contributed by atoms with Crippen LogP contribution in [0.5, 0.6) is 17.4 Å². The number of carbonyl (C=O) groups is 1. The third-order valence-electron chi connectivity index (χ3n) is 3.88. The lowest BCUT2D eigenvalue weighted by molar-refractivity contribution is -0.150. The van der Waals surface area contributed by atoms with Crippen molar-refractivity contribution in [1.29, 1.82) is 0 Å². The second-order valence-corrected chi connectivity index (χ2v) is 6.11. The fourth-order valence-electron chi connectivity index (χ4n) is 2.51. The average Bonchev–Trinajstić information content (AvgIpc) is 2.75. The lowest BCUT2D eigenvalue weighted by atomic mass is 10.3. The lowest BCUT2D eigenvalue weighted by Crippen LogP contribution is -2.26. The summed E-state index contributed by atoms with van der Waals surface area (Å²) >= 11 is 0. The van der Waals surface area contributed by atoms with Crippen molar-refractivity contribution >= 4 is 5.97 Å². The van der Waals surface area contributed by atoms with Gasteiger partial charge in [0.05, 0.1) is 6.61 Å². The van der Waals surface area contributed by atoms with Crippen molar-refractivity contribution in [3.8, 4) is 17.4 Å². The summed E-state index contributed by atoms with van der Waals surface area (Å²) < 4.78 is 22.6. The predicted molar refractivity (Wildman–Crippen MR) is 108 cm³/mol. The van der Waals surface area contributed by atoms with Gasteiger partial charge in [0.15, 0.2) is 6.10 Å². The highest BCUT2D eigenvalue weighted by atomic mass is 16.7. The van der Waals surface area contributed by atoms with Gasteiger partial charge in [0.2, 0.25) is 5.88 Å². The summed E-state index contributed by atoms with van der Waals surface area (Å²) in [5.74, 6) is 1.11. The van der Waals surface area contributed by atoms with Gasteiger partial charge in [0, 0.05) is 6.07 Å². The van der Waals surface area contributed by atoms with E-state index in [1.807, 2.05) is 60.7 Å². The van der Waals surface area contributed by atoms with Gasteiger partial charge in [-0.2, -0.15) is 0 Å². The van der Waals surface area contributed by atoms with Gasteiger partial charge in [-0.1, -0.05) is 42.5 Å². The maximum atomic E-state index is 11.8. The minimum Gasteiger partial charge on any atom is -0.463 e. The Balaban J connectivity index is 1.82. The largest absolute Gasteiger partial charge is 0.463 e. The molecule has 0 aliphatic heterocycles. The molecule has 150 valence electrons. The van der Waals surface area contributed by atoms with Gasteiger partial charge in [-0.15, -0.1) is 0 Å². The quantitative estimate of drug-likeness (QED) is 0.392. The van der Waals surface area contributed by atoms with Crippen molar-refractivity contribution in [1.82, 2.24) is 4.98 Å². The third kappa shape index (κ3) is 5.97. The van der Waals surface area contributed by atoms with Crippen LogP contribution in [-0.4, -0.2) is 23.7 Å². The van der Waals surface area contributed by atoms with E-state index in [2.05, 4.69) is 4.98 Å². The number of benzene rings is 2. The molecule has 2 aromatic carbocycles. The molecular weight excluding hydrogens is 370 g/mol. The molecule has 0 amide bonds. The van der Waals surface area contributed by atoms with Crippen LogP contribution in [0.4, 0.5) is 0 Å². The van der Waals surface area contributed by atoms with Gasteiger partial charge in [0.1, 0.15) is 17.2 Å². The van der Waals surface area contributed by atoms with Crippen molar-refractivity contribution in [3.05, 3.63) is 84.6 Å². The molecule has 0 bridgehead atoms. The van der Waals surface area contributed by atoms with Gasteiger partial charge < -0.3 is 18.9 Å². The van der Waals surface area contributed by atoms with E-state index in [0.717, 1.165) is 0 Å². The molecule has 0 fully saturated rings. The fraction of sp³-hybridized carbons (Fsp3) is 0.217. The van der Waals surface area contributed by atoms with Crippen molar-refractivity contribution in [2.45, 2.75) is 26.2 Å². The van der Waals surface area contributed by atoms with Crippen molar-refractivity contribution in [2.24, 2.45) is 0 Å². The molecule has 6 nitrogen and oxygen atoms in total. The SMILES string of the molecule is CCOC(=O)C(C)Oc1cccc(C(Oc2ccccc2)Oc2ccccc2)n1. The molecule has 29 heavy (non-hydrogen) atoms. The first-order chi connectivity index (χ1) is 14.2. The first-order valence-corrected chi connectivity index (χ1v) is 9.39. The Hall–Kier alpha value is -3.54. The van der Waals surface area contributed by atoms with E-state index in [4.69, 9.17) is 18.9 Å². The Labute approximate surface area is 170 Å². The van der Waals surface area contributed by atoms with Crippen molar-refractivity contribution < 1.29 is 23.7 Å². The van der Waals surface area contributed by atoms with E-state index < -0.39 is 18.4 Å². The molecule has 1 aromatic heterocycles. The molecule has 0 aliphatic carbocycles. The first-order valence-electron chi connectivity index (χ1n) is 9.39. The fourth-order valence-corrected chi connectivity index (χ4v) is 2.51. The second kappa shape index (κ2) is 10.1. The molecule has 0 N–H and O–H groups in total. The Bertz CT molecular complexity index is 860. The summed E-state index contributed by atoms with van der Waals surface area (Å²) in [4.78, 5) is 16.3. The lowest BCUT2D eigenvalue weighted by Gasteiger charge is -2.21. The van der Waals surface area contributed by atoms with Crippen LogP contribution in [-0.2, 0) is 9.53 Å². The maximum absolute atomic E-state index is 11.8. The van der Waals surface area contributed by atoms with E-state index in [1.54, 1.807) is 32.0 Å². The highest BCUT2D eigenvalue weighted by molar-refractivity contribution is 5.74. The number of para-hydroxylation sites is 2. The Morgan fingerprint density at radius 1 is 0.828 bits per heavy atom. The number of carbonyl (C=O) groups excluding carboxylic acids is 1. The Kier molecular flexibility index (Phi) is 7.05. The summed E-state index contributed by atoms with van der Waals surface area (Å²) in [5.41, 5.74) is 0.506. The van der Waals surface area contributed by atoms with E-state index in [-0.39, 0.29) is 12.5 Å². The number of hydrogen-bond donors (Lipinski definition) is 0. The second-order valence-electron chi connectivity index (χ2n) is 6.11. The number of pyridine rings is 1. The summed E-state index contributed by atoms with van der Waals surface area (Å²) in [6.45, 7) is 3.65. The van der Waals surface area contributed by atoms with Crippen LogP contribution in [0.3, 0.4) is 0 Å². The molecule has 6 heteroatoms. The van der Waals surface area contributed by atoms with E-state index >= 15 is 0 Å². The summed E-state index contributed by atoms with van der Waals surface area (Å²) in [6.07, 6.45) is -1.58. The number of nitrogens with zero attached hydrogens (tertiary/aromatic N) is 1. The molecule has 0 saturated heterocycles. The zero-order valence-electron chi connectivity index (χ0n) is 16.4. The molecule has 0 saturated carbocycles. The summed E-state index contributed by atoms with van der Waals surface area (Å²) in [7, 11) is 0. The normalized spacial score (nSPS) is 11.6. The van der Waals surface area contributed by atoms with Gasteiger partial charge in [-0.3, -0.25) is 0 Å². The maximum Gasteiger partial charge on any atom is 0.347 e. The monoisotopic (exact) mass is 393 g/mol. The smallest absolute Gasteiger partial charge is 0.347 e. The third-order valence-corrected chi connectivity index (χ3v) is 3.88. The van der Waals surface area contributed by atoms with Gasteiger partial charge in [-0.25, -0.2) is 9.78 Å². The van der Waals surface area contributed by atoms with Crippen LogP contribution in [0.2, 0.25) is 0 Å². The summed E-state index contributed by atoms with van der Waals surface area (Å²) in [6, 6.07) is 23.9. The van der Waals surface area contributed by atoms with E-state index in [0.29, 0.717) is 17.2 Å². The van der Waals surface area contributed by atoms with Crippen LogP contribution < -0.4 is 14.2 Å². The van der Waals surface area contributed by atoms with E-state index in [1.165, 1.54) is 0 Å². The van der Waals surface area contributed by atoms with E-state index in [9.17, 15) is 4.79 Å². The molecule has 1 unspecified atom stereocenters. The average molecular weight is 393 g/mol. The van der Waals surface area contributed by atoms with Crippen LogP contribution in [0, 0.1) is 0 Å². The summed E-state index contributed by atoms with van der Waals surface area (Å²) in [5, 5.41) is 0.